The number of carbonyl (C=O) groups is 1. The number of carboxylic acid groups (broad SMARTS) is 1. The molecule has 0 aliphatic heterocycles. The van der Waals surface area contributed by atoms with E-state index in [0.717, 1.165) is 24.2 Å². The van der Waals surface area contributed by atoms with Crippen molar-refractivity contribution in [1.29, 1.82) is 0 Å². The summed E-state index contributed by atoms with van der Waals surface area (Å²) in [4.78, 5) is 11.9. The monoisotopic (exact) mass is 670 g/mol. The van der Waals surface area contributed by atoms with Crippen molar-refractivity contribution in [2.24, 2.45) is 20.5 Å². The van der Waals surface area contributed by atoms with E-state index in [9.17, 15) is 28.0 Å². The minimum absolute atomic E-state index is 0.0301. The molecule has 20 heteroatoms. The lowest BCUT2D eigenvalue weighted by atomic mass is 10.1. The van der Waals surface area contributed by atoms with E-state index in [-0.39, 0.29) is 43.3 Å². The number of aromatic hydroxyl groups is 1. The first-order valence-electron chi connectivity index (χ1n) is 11.1. The van der Waals surface area contributed by atoms with Crippen molar-refractivity contribution in [3.05, 3.63) is 71.2 Å². The first kappa shape index (κ1) is 32.2. The van der Waals surface area contributed by atoms with E-state index >= 15 is 0 Å². The van der Waals surface area contributed by atoms with E-state index < -0.39 is 26.7 Å². The number of halogens is 1. The third kappa shape index (κ3) is 8.01. The number of hydrogen-bond donors (Lipinski definition) is 5. The zero-order chi connectivity index (χ0) is 31.1. The average Bonchev–Trinajstić information content (AvgIpc) is 2.97. The fourth-order valence-corrected chi connectivity index (χ4v) is 5.23. The quantitative estimate of drug-likeness (QED) is 0.0317. The molecule has 0 amide bonds. The molecule has 0 aliphatic rings. The number of benzene rings is 4. The van der Waals surface area contributed by atoms with Crippen LogP contribution in [0.25, 0.3) is 10.8 Å². The lowest BCUT2D eigenvalue weighted by molar-refractivity contribution is -0.432. The smallest absolute Gasteiger partial charge is 0.338 e. The number of phenols is 1. The summed E-state index contributed by atoms with van der Waals surface area (Å²) in [6.45, 7) is 0. The van der Waals surface area contributed by atoms with Crippen LogP contribution in [0.15, 0.2) is 95.8 Å². The molecule has 0 radical (unpaired) electrons. The van der Waals surface area contributed by atoms with Crippen LogP contribution in [0.2, 0.25) is 5.02 Å². The first-order valence-corrected chi connectivity index (χ1v) is 14.4. The molecule has 0 unspecified atom stereocenters. The van der Waals surface area contributed by atoms with E-state index in [4.69, 9.17) is 22.1 Å². The Bertz CT molecular complexity index is 1840. The van der Waals surface area contributed by atoms with Gasteiger partial charge < -0.3 is 10.2 Å². The summed E-state index contributed by atoms with van der Waals surface area (Å²) in [7, 11) is -4.66. The van der Waals surface area contributed by atoms with Crippen LogP contribution in [0.4, 0.5) is 22.7 Å². The zero-order valence-electron chi connectivity index (χ0n) is 20.8. The number of hydrogen-bond acceptors (Lipinski definition) is 16. The molecule has 0 aliphatic carbocycles. The highest BCUT2D eigenvalue weighted by Crippen LogP contribution is 2.47. The molecule has 0 aromatic heterocycles. The Kier molecular flexibility index (Phi) is 10.6. The summed E-state index contributed by atoms with van der Waals surface area (Å²) in [5.74, 6) is -1.99. The first-order chi connectivity index (χ1) is 20.5. The van der Waals surface area contributed by atoms with Gasteiger partial charge in [0.1, 0.15) is 11.4 Å². The highest BCUT2D eigenvalue weighted by molar-refractivity contribution is 7.94. The molecule has 0 bridgehead atoms. The predicted molar refractivity (Wildman–Crippen MR) is 150 cm³/mol. The standard InChI is InChI=1S/C23H15ClN4O12S3/c24-17-10-15(43(34,35)36)7-11-8-19(42-40-38-33)21(22(29)20(11)17)28-27-18-6-3-13(9-16(18)23(30)31)26-25-12-1-4-14(5-2-12)41-39-37-32/h1-10,29,32-33H,(H,30,31)(H,34,35,36)/b26-25+,28-27+. The van der Waals surface area contributed by atoms with Crippen LogP contribution in [0, 0.1) is 0 Å². The Labute approximate surface area is 254 Å². The summed E-state index contributed by atoms with van der Waals surface area (Å²) in [5, 5.41) is 60.2. The number of phenolic OH excluding ortho intramolecular Hbond substituents is 1. The maximum absolute atomic E-state index is 12.0. The Morgan fingerprint density at radius 1 is 0.837 bits per heavy atom. The molecule has 4 rings (SSSR count). The van der Waals surface area contributed by atoms with Gasteiger partial charge in [-0.05, 0) is 66.0 Å². The maximum atomic E-state index is 12.0. The van der Waals surface area contributed by atoms with Crippen molar-refractivity contribution in [2.75, 3.05) is 0 Å². The van der Waals surface area contributed by atoms with E-state index in [1.807, 2.05) is 0 Å². The number of carboxylic acids is 1. The van der Waals surface area contributed by atoms with E-state index in [2.05, 4.69) is 39.2 Å². The second-order valence-corrected chi connectivity index (χ2v) is 11.2. The second-order valence-electron chi connectivity index (χ2n) is 7.90. The molecule has 0 saturated heterocycles. The highest BCUT2D eigenvalue weighted by atomic mass is 35.5. The number of azo groups is 2. The van der Waals surface area contributed by atoms with Gasteiger partial charge in [-0.25, -0.2) is 15.3 Å². The molecule has 16 nitrogen and oxygen atoms in total. The van der Waals surface area contributed by atoms with Gasteiger partial charge in [-0.3, -0.25) is 4.55 Å². The molecule has 0 spiro atoms. The van der Waals surface area contributed by atoms with Crippen LogP contribution < -0.4 is 0 Å². The topological polar surface area (TPSA) is 239 Å². The largest absolute Gasteiger partial charge is 0.505 e. The molecule has 43 heavy (non-hydrogen) atoms. The summed E-state index contributed by atoms with van der Waals surface area (Å²) in [6, 6.07) is 13.4. The maximum Gasteiger partial charge on any atom is 0.338 e. The normalized spacial score (nSPS) is 12.1. The van der Waals surface area contributed by atoms with Crippen molar-refractivity contribution in [2.45, 2.75) is 14.7 Å². The van der Waals surface area contributed by atoms with Crippen LogP contribution in [0.3, 0.4) is 0 Å². The van der Waals surface area contributed by atoms with Gasteiger partial charge in [0.15, 0.2) is 5.75 Å². The molecule has 4 aromatic rings. The van der Waals surface area contributed by atoms with Crippen LogP contribution in [0.5, 0.6) is 5.75 Å². The molecule has 0 heterocycles. The minimum atomic E-state index is -4.66. The Morgan fingerprint density at radius 2 is 1.49 bits per heavy atom. The molecule has 224 valence electrons. The Morgan fingerprint density at radius 3 is 2.14 bits per heavy atom. The van der Waals surface area contributed by atoms with Crippen LogP contribution >= 0.6 is 35.7 Å². The molecular weight excluding hydrogens is 656 g/mol. The number of rotatable bonds is 12. The number of fused-ring (bicyclic) bond motifs is 1. The predicted octanol–water partition coefficient (Wildman–Crippen LogP) is 7.83. The fraction of sp³-hybridized carbons (Fsp3) is 0. The Hall–Kier alpha value is -3.73. The van der Waals surface area contributed by atoms with Crippen molar-refractivity contribution >= 4 is 85.3 Å². The van der Waals surface area contributed by atoms with Crippen LogP contribution in [-0.4, -0.2) is 39.7 Å². The summed E-state index contributed by atoms with van der Waals surface area (Å²) in [6.07, 6.45) is 0. The van der Waals surface area contributed by atoms with E-state index in [0.29, 0.717) is 22.6 Å². The minimum Gasteiger partial charge on any atom is -0.505 e. The molecular formula is C23H15ClN4O12S3. The third-order valence-electron chi connectivity index (χ3n) is 5.27. The average molecular weight is 671 g/mol. The van der Waals surface area contributed by atoms with Gasteiger partial charge >= 0.3 is 5.97 Å². The van der Waals surface area contributed by atoms with E-state index in [1.54, 1.807) is 24.3 Å². The van der Waals surface area contributed by atoms with Gasteiger partial charge in [0.25, 0.3) is 10.1 Å². The third-order valence-corrected chi connectivity index (χ3v) is 7.62. The number of aromatic carboxylic acids is 1. The number of nitrogens with zero attached hydrogens (tertiary/aromatic N) is 4. The summed E-state index contributed by atoms with van der Waals surface area (Å²) >= 11 is 7.27. The SMILES string of the molecule is O=C(O)c1cc(/N=N/c2ccc(SOOO)cc2)ccc1/N=N/c1c(SOOO)cc2cc(S(=O)(=O)O)cc(Cl)c2c1O. The molecule has 0 saturated carbocycles. The van der Waals surface area contributed by atoms with Gasteiger partial charge in [0.05, 0.1) is 55.8 Å². The van der Waals surface area contributed by atoms with Crippen molar-refractivity contribution in [3.63, 3.8) is 0 Å². The Balaban J connectivity index is 1.70. The lowest BCUT2D eigenvalue weighted by Gasteiger charge is -2.11. The zero-order valence-corrected chi connectivity index (χ0v) is 24.0. The van der Waals surface area contributed by atoms with Gasteiger partial charge in [-0.15, -0.1) is 18.9 Å². The van der Waals surface area contributed by atoms with Gasteiger partial charge in [-0.2, -0.15) is 18.6 Å². The van der Waals surface area contributed by atoms with Crippen molar-refractivity contribution in [1.82, 2.24) is 0 Å². The summed E-state index contributed by atoms with van der Waals surface area (Å²) in [5.41, 5.74) is -0.210. The van der Waals surface area contributed by atoms with Gasteiger partial charge in [0.2, 0.25) is 0 Å². The van der Waals surface area contributed by atoms with Crippen LogP contribution in [-0.2, 0) is 28.9 Å². The molecule has 4 aromatic carbocycles. The van der Waals surface area contributed by atoms with Crippen molar-refractivity contribution in [3.8, 4) is 5.75 Å². The second kappa shape index (κ2) is 14.2. The molecule has 5 N–H and O–H groups in total. The van der Waals surface area contributed by atoms with Gasteiger partial charge in [0, 0.05) is 10.3 Å². The molecule has 0 fully saturated rings. The van der Waals surface area contributed by atoms with Crippen molar-refractivity contribution < 1.29 is 57.2 Å². The summed E-state index contributed by atoms with van der Waals surface area (Å²) < 4.78 is 41.4. The van der Waals surface area contributed by atoms with E-state index in [1.165, 1.54) is 24.3 Å². The van der Waals surface area contributed by atoms with Crippen LogP contribution in [0.1, 0.15) is 10.4 Å². The highest BCUT2D eigenvalue weighted by Gasteiger charge is 2.21. The fourth-order valence-electron chi connectivity index (χ4n) is 3.46. The lowest BCUT2D eigenvalue weighted by Crippen LogP contribution is -1.98. The molecule has 0 atom stereocenters. The van der Waals surface area contributed by atoms with Gasteiger partial charge in [-0.1, -0.05) is 21.7 Å².